The Balaban J connectivity index is 1.97. The van der Waals surface area contributed by atoms with E-state index in [1.165, 1.54) is 438 Å². The van der Waals surface area contributed by atoms with Crippen molar-refractivity contribution in [3.63, 3.8) is 0 Å². The predicted octanol–water partition coefficient (Wildman–Crippen LogP) is 32.7. The largest absolute Gasteiger partial charge is 0.469 e. The molecule has 0 aromatic rings. The van der Waals surface area contributed by atoms with E-state index < -0.39 is 8.32 Å². The van der Waals surface area contributed by atoms with Crippen LogP contribution in [0, 0.1) is 23.7 Å². The summed E-state index contributed by atoms with van der Waals surface area (Å²) in [5.41, 5.74) is 0. The van der Waals surface area contributed by atoms with Crippen molar-refractivity contribution in [2.45, 2.75) is 541 Å². The first kappa shape index (κ1) is 95.9. The Morgan fingerprint density at radius 3 is 0.960 bits per heavy atom. The smallest absolute Gasteiger partial charge is 0.312 e. The number of allylic oxidation sites excluding steroid dienone is 2. The van der Waals surface area contributed by atoms with Crippen LogP contribution < -0.4 is 0 Å². The summed E-state index contributed by atoms with van der Waals surface area (Å²) in [4.78, 5) is 25.1. The van der Waals surface area contributed by atoms with Crippen molar-refractivity contribution in [2.75, 3.05) is 7.11 Å². The van der Waals surface area contributed by atoms with E-state index in [0.717, 1.165) is 50.4 Å². The Bertz CT molecular complexity index is 1700. The normalized spacial score (nSPS) is 15.5. The fraction of sp³-hybridized carbons (Fsp3) is 0.957. The lowest BCUT2D eigenvalue weighted by molar-refractivity contribution is -0.160. The molecule has 1 aliphatic rings. The lowest BCUT2D eigenvalue weighted by atomic mass is 9.91. The first-order chi connectivity index (χ1) is 48.3. The first-order valence-electron chi connectivity index (χ1n) is 45.9. The minimum absolute atomic E-state index is 0.214. The zero-order valence-electron chi connectivity index (χ0n) is 69.6. The van der Waals surface area contributed by atoms with Gasteiger partial charge in [0.15, 0.2) is 8.32 Å². The topological polar surface area (TPSA) is 61.8 Å². The third kappa shape index (κ3) is 62.7. The number of carbonyl (C=O) groups excluding carboxylic acids is 2. The second-order valence-electron chi connectivity index (χ2n) is 34.8. The van der Waals surface area contributed by atoms with Crippen LogP contribution in [0.25, 0.3) is 0 Å². The Morgan fingerprint density at radius 2 is 0.657 bits per heavy atom. The number of esters is 2. The van der Waals surface area contributed by atoms with Crippen LogP contribution >= 0.6 is 0 Å². The van der Waals surface area contributed by atoms with E-state index in [-0.39, 0.29) is 29.0 Å². The molecule has 0 radical (unpaired) electrons. The molecule has 0 amide bonds. The first-order valence-corrected chi connectivity index (χ1v) is 48.8. The van der Waals surface area contributed by atoms with Crippen molar-refractivity contribution in [2.24, 2.45) is 23.7 Å². The maximum Gasteiger partial charge on any atom is 0.312 e. The zero-order valence-corrected chi connectivity index (χ0v) is 70.6. The molecular formula is C93H182O5Si. The molecule has 0 N–H and O–H groups in total. The molecular weight excluding hydrogens is 1230 g/mol. The number of hydrogen-bond acceptors (Lipinski definition) is 5. The van der Waals surface area contributed by atoms with Crippen molar-refractivity contribution in [1.82, 2.24) is 0 Å². The minimum atomic E-state index is -1.77. The summed E-state index contributed by atoms with van der Waals surface area (Å²) < 4.78 is 18.2. The summed E-state index contributed by atoms with van der Waals surface area (Å²) in [5, 5.41) is 0.282. The van der Waals surface area contributed by atoms with Crippen molar-refractivity contribution >= 4 is 20.3 Å². The average molecular weight is 1410 g/mol. The molecule has 0 unspecified atom stereocenters. The van der Waals surface area contributed by atoms with Crippen LogP contribution in [-0.4, -0.2) is 39.6 Å². The molecule has 588 valence electrons. The number of methoxy groups -OCH3 is 1. The van der Waals surface area contributed by atoms with E-state index in [9.17, 15) is 9.59 Å². The maximum absolute atomic E-state index is 12.9. The van der Waals surface area contributed by atoms with Crippen molar-refractivity contribution < 1.29 is 23.5 Å². The summed E-state index contributed by atoms with van der Waals surface area (Å²) in [5.74, 6) is 1.72. The summed E-state index contributed by atoms with van der Waals surface area (Å²) >= 11 is 0. The molecule has 5 nitrogen and oxygen atoms in total. The molecule has 1 rings (SSSR count). The standard InChI is InChI=1S/C93H182O5Si/c1-11-13-15-17-19-21-23-25-27-29-30-31-32-33-34-39-45-51-57-63-69-75-81-89(92(95)96-8)91(97-86(4)94)83-77-71-65-59-53-47-41-44-50-56-62-68-74-80-88-84-87(88)79-73-67-61-55-49-43-38-35-36-40-46-52-58-64-70-76-82-90(98-99(9,10)93(5,6)7)85(3)78-72-66-60-54-48-42-37-28-26-24-22-20-18-16-14-12-2/h74,80,85,87-91H,11-73,75-79,81-84H2,1-10H3/t85-,87-,88+,89+,90-,91+/m0/s1. The van der Waals surface area contributed by atoms with Crippen LogP contribution in [0.2, 0.25) is 18.1 Å². The van der Waals surface area contributed by atoms with Gasteiger partial charge in [-0.1, -0.05) is 458 Å². The van der Waals surface area contributed by atoms with E-state index in [4.69, 9.17) is 13.9 Å². The van der Waals surface area contributed by atoms with E-state index in [1.54, 1.807) is 0 Å². The van der Waals surface area contributed by atoms with E-state index >= 15 is 0 Å². The van der Waals surface area contributed by atoms with Gasteiger partial charge < -0.3 is 13.9 Å². The van der Waals surface area contributed by atoms with Gasteiger partial charge in [-0.15, -0.1) is 0 Å². The second-order valence-corrected chi connectivity index (χ2v) is 39.5. The van der Waals surface area contributed by atoms with Crippen LogP contribution in [0.15, 0.2) is 12.2 Å². The van der Waals surface area contributed by atoms with Crippen molar-refractivity contribution in [3.05, 3.63) is 12.2 Å². The van der Waals surface area contributed by atoms with Crippen LogP contribution in [-0.2, 0) is 23.5 Å². The Kier molecular flexibility index (Phi) is 68.9. The summed E-state index contributed by atoms with van der Waals surface area (Å²) in [6.45, 7) is 20.8. The van der Waals surface area contributed by atoms with Crippen LogP contribution in [0.5, 0.6) is 0 Å². The highest BCUT2D eigenvalue weighted by molar-refractivity contribution is 6.74. The molecule has 99 heavy (non-hydrogen) atoms. The van der Waals surface area contributed by atoms with Crippen LogP contribution in [0.1, 0.15) is 511 Å². The molecule has 0 heterocycles. The number of hydrogen-bond donors (Lipinski definition) is 0. The highest BCUT2D eigenvalue weighted by Crippen LogP contribution is 2.44. The van der Waals surface area contributed by atoms with Gasteiger partial charge in [0.2, 0.25) is 0 Å². The Labute approximate surface area is 624 Å². The zero-order chi connectivity index (χ0) is 72.1. The summed E-state index contributed by atoms with van der Waals surface area (Å²) in [6.07, 6.45) is 104. The Morgan fingerprint density at radius 1 is 0.384 bits per heavy atom. The van der Waals surface area contributed by atoms with E-state index in [2.05, 4.69) is 66.8 Å². The van der Waals surface area contributed by atoms with Gasteiger partial charge in [0.1, 0.15) is 6.10 Å². The van der Waals surface area contributed by atoms with E-state index in [0.29, 0.717) is 12.0 Å². The van der Waals surface area contributed by atoms with Crippen LogP contribution in [0.4, 0.5) is 0 Å². The highest BCUT2D eigenvalue weighted by atomic mass is 28.4. The fourth-order valence-corrected chi connectivity index (χ4v) is 17.3. The average Bonchev–Trinajstić information content (AvgIpc) is 1.84. The second kappa shape index (κ2) is 71.1. The SMILES string of the molecule is CCCCCCCCCCCCCCCCCCCCCCCC[C@@H](C(=O)OC)[C@@H](CCCCCCCCCCCCCC=C[C@@H]1C[C@@H]1CCCCCCCCCCCCCCCCCC[C@H](O[Si](C)(C)C(C)(C)C)[C@@H](C)CCCCCCCCCCCCCCCCCC)OC(C)=O. The Hall–Kier alpha value is -1.14. The molecule has 0 spiro atoms. The number of carbonyl (C=O) groups is 2. The van der Waals surface area contributed by atoms with Gasteiger partial charge in [0.05, 0.1) is 13.0 Å². The lowest BCUT2D eigenvalue weighted by Crippen LogP contribution is -2.45. The van der Waals surface area contributed by atoms with Gasteiger partial charge in [0.25, 0.3) is 0 Å². The van der Waals surface area contributed by atoms with Crippen molar-refractivity contribution in [3.8, 4) is 0 Å². The van der Waals surface area contributed by atoms with Crippen LogP contribution in [0.3, 0.4) is 0 Å². The molecule has 0 aromatic carbocycles. The molecule has 6 atom stereocenters. The maximum atomic E-state index is 12.9. The van der Waals surface area contributed by atoms with Gasteiger partial charge in [-0.3, -0.25) is 9.59 Å². The number of ether oxygens (including phenoxy) is 2. The molecule has 1 saturated carbocycles. The van der Waals surface area contributed by atoms with Gasteiger partial charge in [-0.25, -0.2) is 0 Å². The quantitative estimate of drug-likeness (QED) is 0.0263. The predicted molar refractivity (Wildman–Crippen MR) is 442 cm³/mol. The van der Waals surface area contributed by atoms with Gasteiger partial charge in [-0.2, -0.15) is 0 Å². The molecule has 1 aliphatic carbocycles. The van der Waals surface area contributed by atoms with Gasteiger partial charge in [0, 0.05) is 13.0 Å². The number of rotatable bonds is 80. The fourth-order valence-electron chi connectivity index (χ4n) is 15.9. The third-order valence-corrected chi connectivity index (χ3v) is 28.6. The summed E-state index contributed by atoms with van der Waals surface area (Å²) in [6, 6.07) is 0. The lowest BCUT2D eigenvalue weighted by Gasteiger charge is -2.41. The third-order valence-electron chi connectivity index (χ3n) is 24.1. The van der Waals surface area contributed by atoms with Gasteiger partial charge >= 0.3 is 11.9 Å². The minimum Gasteiger partial charge on any atom is -0.469 e. The molecule has 0 saturated heterocycles. The molecule has 0 aromatic heterocycles. The molecule has 1 fully saturated rings. The van der Waals surface area contributed by atoms with Crippen molar-refractivity contribution in [1.29, 1.82) is 0 Å². The summed E-state index contributed by atoms with van der Waals surface area (Å²) in [7, 11) is -0.293. The molecule has 0 bridgehead atoms. The van der Waals surface area contributed by atoms with Gasteiger partial charge in [-0.05, 0) is 93.7 Å². The monoisotopic (exact) mass is 1410 g/mol. The molecule has 0 aliphatic heterocycles. The van der Waals surface area contributed by atoms with E-state index in [1.807, 2.05) is 0 Å². The highest BCUT2D eigenvalue weighted by Gasteiger charge is 2.40. The number of unbranched alkanes of at least 4 members (excludes halogenated alkanes) is 62. The molecule has 6 heteroatoms.